The van der Waals surface area contributed by atoms with E-state index in [1.807, 2.05) is 7.05 Å². The second-order valence-corrected chi connectivity index (χ2v) is 6.15. The van der Waals surface area contributed by atoms with Crippen molar-refractivity contribution in [2.24, 2.45) is 5.92 Å². The lowest BCUT2D eigenvalue weighted by molar-refractivity contribution is -0.123. The lowest BCUT2D eigenvalue weighted by atomic mass is 9.87. The minimum Gasteiger partial charge on any atom is -0.355 e. The zero-order chi connectivity index (χ0) is 13.0. The van der Waals surface area contributed by atoms with E-state index in [9.17, 15) is 4.79 Å². The monoisotopic (exact) mass is 266 g/mol. The molecule has 0 fully saturated rings. The summed E-state index contributed by atoms with van der Waals surface area (Å²) < 4.78 is 0. The number of carbonyl (C=O) groups is 1. The summed E-state index contributed by atoms with van der Waals surface area (Å²) >= 11 is 1.79. The highest BCUT2D eigenvalue weighted by Crippen LogP contribution is 2.34. The first kappa shape index (κ1) is 13.6. The summed E-state index contributed by atoms with van der Waals surface area (Å²) in [5.74, 6) is 0.767. The minimum atomic E-state index is 0.0850. The molecule has 1 aliphatic carbocycles. The van der Waals surface area contributed by atoms with E-state index in [1.54, 1.807) is 11.3 Å². The van der Waals surface area contributed by atoms with Crippen molar-refractivity contribution in [2.45, 2.75) is 32.1 Å². The first-order chi connectivity index (χ1) is 8.72. The molecule has 1 aliphatic rings. The number of thiophene rings is 1. The second-order valence-electron chi connectivity index (χ2n) is 5.15. The average molecular weight is 266 g/mol. The third kappa shape index (κ3) is 3.12. The summed E-state index contributed by atoms with van der Waals surface area (Å²) in [5.41, 5.74) is 1.27. The number of nitrogens with one attached hydrogen (secondary N) is 2. The van der Waals surface area contributed by atoms with Gasteiger partial charge < -0.3 is 10.6 Å². The average Bonchev–Trinajstić information content (AvgIpc) is 2.84. The van der Waals surface area contributed by atoms with E-state index in [4.69, 9.17) is 0 Å². The summed E-state index contributed by atoms with van der Waals surface area (Å²) in [4.78, 5) is 13.6. The van der Waals surface area contributed by atoms with E-state index in [2.05, 4.69) is 29.0 Å². The number of hydrogen-bond donors (Lipinski definition) is 2. The Labute approximate surface area is 113 Å². The zero-order valence-corrected chi connectivity index (χ0v) is 12.0. The summed E-state index contributed by atoms with van der Waals surface area (Å²) in [6.45, 7) is 3.85. The summed E-state index contributed by atoms with van der Waals surface area (Å²) in [5, 5.41) is 8.34. The summed E-state index contributed by atoms with van der Waals surface area (Å²) in [6, 6.07) is 2.13. The third-order valence-electron chi connectivity index (χ3n) is 3.55. The van der Waals surface area contributed by atoms with Crippen LogP contribution in [0, 0.1) is 5.92 Å². The molecule has 4 heteroatoms. The second kappa shape index (κ2) is 6.34. The van der Waals surface area contributed by atoms with Gasteiger partial charge in [0, 0.05) is 11.4 Å². The van der Waals surface area contributed by atoms with E-state index < -0.39 is 0 Å². The summed E-state index contributed by atoms with van der Waals surface area (Å²) in [6.07, 6.45) is 3.28. The van der Waals surface area contributed by atoms with Crippen LogP contribution in [0.3, 0.4) is 0 Å². The Morgan fingerprint density at radius 2 is 2.39 bits per heavy atom. The van der Waals surface area contributed by atoms with Crippen LogP contribution >= 0.6 is 11.3 Å². The van der Waals surface area contributed by atoms with Crippen LogP contribution in [0.4, 0.5) is 0 Å². The van der Waals surface area contributed by atoms with E-state index in [1.165, 1.54) is 10.4 Å². The molecular formula is C14H22N2OS. The molecule has 2 N–H and O–H groups in total. The van der Waals surface area contributed by atoms with Crippen LogP contribution in [0.15, 0.2) is 11.4 Å². The number of fused-ring (bicyclic) bond motifs is 1. The van der Waals surface area contributed by atoms with Gasteiger partial charge in [-0.3, -0.25) is 4.79 Å². The molecule has 0 bridgehead atoms. The zero-order valence-electron chi connectivity index (χ0n) is 11.2. The predicted molar refractivity (Wildman–Crippen MR) is 76.1 cm³/mol. The Balaban J connectivity index is 1.91. The quantitative estimate of drug-likeness (QED) is 0.857. The molecule has 1 amide bonds. The molecule has 0 aromatic carbocycles. The van der Waals surface area contributed by atoms with Crippen LogP contribution in [0.25, 0.3) is 0 Å². The molecular weight excluding hydrogens is 244 g/mol. The van der Waals surface area contributed by atoms with Crippen LogP contribution < -0.4 is 10.6 Å². The maximum absolute atomic E-state index is 12.2. The molecule has 2 rings (SSSR count). The predicted octanol–water partition coefficient (Wildman–Crippen LogP) is 2.14. The molecule has 3 nitrogen and oxygen atoms in total. The van der Waals surface area contributed by atoms with Gasteiger partial charge in [0.15, 0.2) is 0 Å². The van der Waals surface area contributed by atoms with Crippen molar-refractivity contribution in [1.29, 1.82) is 0 Å². The molecule has 0 aliphatic heterocycles. The van der Waals surface area contributed by atoms with Crippen molar-refractivity contribution >= 4 is 17.2 Å². The minimum absolute atomic E-state index is 0.0850. The van der Waals surface area contributed by atoms with E-state index in [-0.39, 0.29) is 11.8 Å². The third-order valence-corrected chi connectivity index (χ3v) is 4.54. The maximum Gasteiger partial charge on any atom is 0.227 e. The fraction of sp³-hybridized carbons (Fsp3) is 0.643. The Bertz CT molecular complexity index is 402. The molecule has 18 heavy (non-hydrogen) atoms. The molecule has 1 aromatic heterocycles. The summed E-state index contributed by atoms with van der Waals surface area (Å²) in [7, 11) is 1.94. The number of carbonyl (C=O) groups excluding carboxylic acids is 1. The molecule has 0 saturated carbocycles. The van der Waals surface area contributed by atoms with Gasteiger partial charge in [-0.15, -0.1) is 11.3 Å². The van der Waals surface area contributed by atoms with Gasteiger partial charge in [0.2, 0.25) is 5.91 Å². The van der Waals surface area contributed by atoms with Gasteiger partial charge in [-0.25, -0.2) is 0 Å². The fourth-order valence-electron chi connectivity index (χ4n) is 2.58. The Kier molecular flexibility index (Phi) is 4.78. The first-order valence-electron chi connectivity index (χ1n) is 6.71. The van der Waals surface area contributed by atoms with Gasteiger partial charge in [-0.1, -0.05) is 6.92 Å². The van der Waals surface area contributed by atoms with Crippen LogP contribution in [0.5, 0.6) is 0 Å². The van der Waals surface area contributed by atoms with Gasteiger partial charge in [0.25, 0.3) is 0 Å². The normalized spacial score (nSPS) is 20.2. The molecule has 1 heterocycles. The Morgan fingerprint density at radius 3 is 3.17 bits per heavy atom. The van der Waals surface area contributed by atoms with Crippen LogP contribution in [0.1, 0.15) is 36.1 Å². The topological polar surface area (TPSA) is 41.1 Å². The molecule has 2 atom stereocenters. The van der Waals surface area contributed by atoms with Crippen molar-refractivity contribution in [1.82, 2.24) is 10.6 Å². The van der Waals surface area contributed by atoms with Crippen molar-refractivity contribution in [3.8, 4) is 0 Å². The first-order valence-corrected chi connectivity index (χ1v) is 7.59. The van der Waals surface area contributed by atoms with E-state index in [0.29, 0.717) is 5.92 Å². The van der Waals surface area contributed by atoms with Gasteiger partial charge in [-0.05, 0) is 55.8 Å². The largest absolute Gasteiger partial charge is 0.355 e. The molecule has 0 radical (unpaired) electrons. The van der Waals surface area contributed by atoms with E-state index >= 15 is 0 Å². The molecule has 1 aromatic rings. The molecule has 0 saturated heterocycles. The van der Waals surface area contributed by atoms with Crippen molar-refractivity contribution < 1.29 is 4.79 Å². The lowest BCUT2D eigenvalue weighted by Crippen LogP contribution is -2.36. The lowest BCUT2D eigenvalue weighted by Gasteiger charge is -2.22. The van der Waals surface area contributed by atoms with Gasteiger partial charge in [0.05, 0.1) is 5.92 Å². The standard InChI is InChI=1S/C14H22N2OS/c1-10(8-15-2)9-16-14(17)12-4-3-5-13-11(12)6-7-18-13/h6-7,10,12,15H,3-5,8-9H2,1-2H3,(H,16,17). The van der Waals surface area contributed by atoms with Crippen molar-refractivity contribution in [3.63, 3.8) is 0 Å². The van der Waals surface area contributed by atoms with Crippen LogP contribution in [0.2, 0.25) is 0 Å². The van der Waals surface area contributed by atoms with Gasteiger partial charge >= 0.3 is 0 Å². The Morgan fingerprint density at radius 1 is 1.56 bits per heavy atom. The fourth-order valence-corrected chi connectivity index (χ4v) is 3.56. The highest BCUT2D eigenvalue weighted by molar-refractivity contribution is 7.10. The van der Waals surface area contributed by atoms with Gasteiger partial charge in [0.1, 0.15) is 0 Å². The number of hydrogen-bond acceptors (Lipinski definition) is 3. The SMILES string of the molecule is CNCC(C)CNC(=O)C1CCCc2sccc21. The highest BCUT2D eigenvalue weighted by atomic mass is 32.1. The van der Waals surface area contributed by atoms with Gasteiger partial charge in [-0.2, -0.15) is 0 Å². The number of rotatable bonds is 5. The molecule has 0 spiro atoms. The van der Waals surface area contributed by atoms with Crippen LogP contribution in [-0.2, 0) is 11.2 Å². The van der Waals surface area contributed by atoms with Crippen LogP contribution in [-0.4, -0.2) is 26.0 Å². The smallest absolute Gasteiger partial charge is 0.227 e. The molecule has 2 unspecified atom stereocenters. The Hall–Kier alpha value is -0.870. The number of aryl methyl sites for hydroxylation is 1. The van der Waals surface area contributed by atoms with E-state index in [0.717, 1.165) is 32.4 Å². The highest BCUT2D eigenvalue weighted by Gasteiger charge is 2.27. The van der Waals surface area contributed by atoms with Crippen molar-refractivity contribution in [3.05, 3.63) is 21.9 Å². The molecule has 100 valence electrons. The number of amides is 1. The maximum atomic E-state index is 12.2. The van der Waals surface area contributed by atoms with Crippen molar-refractivity contribution in [2.75, 3.05) is 20.1 Å².